The molecule has 0 radical (unpaired) electrons. The normalized spacial score (nSPS) is 19.6. The molecule has 0 spiro atoms. The summed E-state index contributed by atoms with van der Waals surface area (Å²) < 4.78 is 5.44. The van der Waals surface area contributed by atoms with Crippen molar-refractivity contribution in [2.24, 2.45) is 0 Å². The van der Waals surface area contributed by atoms with Crippen LogP contribution in [0, 0.1) is 0 Å². The molecule has 17 heavy (non-hydrogen) atoms. The highest BCUT2D eigenvalue weighted by molar-refractivity contribution is 5.55. The highest BCUT2D eigenvalue weighted by Crippen LogP contribution is 2.29. The lowest BCUT2D eigenvalue weighted by atomic mass is 10.2. The van der Waals surface area contributed by atoms with Crippen LogP contribution in [0.25, 0.3) is 0 Å². The first-order chi connectivity index (χ1) is 8.26. The number of hydrogen-bond donors (Lipinski definition) is 1. The lowest BCUT2D eigenvalue weighted by Crippen LogP contribution is -2.29. The molecule has 1 aliphatic rings. The summed E-state index contributed by atoms with van der Waals surface area (Å²) in [7, 11) is 0. The lowest BCUT2D eigenvalue weighted by Gasteiger charge is -2.25. The van der Waals surface area contributed by atoms with Gasteiger partial charge in [-0.2, -0.15) is 4.98 Å². The van der Waals surface area contributed by atoms with Gasteiger partial charge in [0.25, 0.3) is 0 Å². The van der Waals surface area contributed by atoms with E-state index < -0.39 is 0 Å². The van der Waals surface area contributed by atoms with Crippen LogP contribution in [0.3, 0.4) is 0 Å². The predicted octanol–water partition coefficient (Wildman–Crippen LogP) is 2.44. The number of rotatable bonds is 4. The molecule has 2 rings (SSSR count). The molecule has 1 aromatic rings. The monoisotopic (exact) mass is 235 g/mol. The second-order valence-corrected chi connectivity index (χ2v) is 4.39. The number of aromatic nitrogens is 1. The quantitative estimate of drug-likeness (QED) is 0.871. The SMILES string of the molecule is CCOc1nc(N2CCCC2CC)ccc1N. The van der Waals surface area contributed by atoms with Gasteiger partial charge in [0.05, 0.1) is 12.3 Å². The average Bonchev–Trinajstić information content (AvgIpc) is 2.80. The molecular weight excluding hydrogens is 214 g/mol. The Morgan fingerprint density at radius 1 is 1.47 bits per heavy atom. The Bertz CT molecular complexity index is 381. The molecule has 1 unspecified atom stereocenters. The van der Waals surface area contributed by atoms with Crippen molar-refractivity contribution in [2.45, 2.75) is 39.2 Å². The van der Waals surface area contributed by atoms with Crippen LogP contribution < -0.4 is 15.4 Å². The summed E-state index contributed by atoms with van der Waals surface area (Å²) in [5.41, 5.74) is 6.45. The van der Waals surface area contributed by atoms with Gasteiger partial charge in [0.1, 0.15) is 5.82 Å². The maximum Gasteiger partial charge on any atom is 0.239 e. The van der Waals surface area contributed by atoms with Crippen molar-refractivity contribution in [3.05, 3.63) is 12.1 Å². The van der Waals surface area contributed by atoms with Crippen LogP contribution in [0.2, 0.25) is 0 Å². The minimum atomic E-state index is 0.562. The van der Waals surface area contributed by atoms with Gasteiger partial charge in [0.2, 0.25) is 5.88 Å². The molecular formula is C13H21N3O. The minimum absolute atomic E-state index is 0.562. The van der Waals surface area contributed by atoms with Crippen molar-refractivity contribution in [1.29, 1.82) is 0 Å². The zero-order valence-corrected chi connectivity index (χ0v) is 10.6. The molecule has 1 saturated heterocycles. The van der Waals surface area contributed by atoms with Crippen LogP contribution in [-0.2, 0) is 0 Å². The van der Waals surface area contributed by atoms with Crippen LogP contribution in [0.5, 0.6) is 5.88 Å². The van der Waals surface area contributed by atoms with Crippen molar-refractivity contribution < 1.29 is 4.74 Å². The van der Waals surface area contributed by atoms with Crippen LogP contribution >= 0.6 is 0 Å². The Morgan fingerprint density at radius 2 is 2.29 bits per heavy atom. The van der Waals surface area contributed by atoms with E-state index in [4.69, 9.17) is 10.5 Å². The molecule has 4 heteroatoms. The molecule has 0 aliphatic carbocycles. The van der Waals surface area contributed by atoms with Gasteiger partial charge in [0.15, 0.2) is 0 Å². The maximum atomic E-state index is 5.84. The number of anilines is 2. The predicted molar refractivity (Wildman–Crippen MR) is 70.5 cm³/mol. The van der Waals surface area contributed by atoms with E-state index in [0.29, 0.717) is 24.2 Å². The summed E-state index contributed by atoms with van der Waals surface area (Å²) in [4.78, 5) is 6.88. The Hall–Kier alpha value is -1.45. The van der Waals surface area contributed by atoms with Crippen LogP contribution in [0.1, 0.15) is 33.1 Å². The van der Waals surface area contributed by atoms with E-state index in [-0.39, 0.29) is 0 Å². The third-order valence-electron chi connectivity index (χ3n) is 3.30. The molecule has 94 valence electrons. The number of pyridine rings is 1. The Kier molecular flexibility index (Phi) is 3.71. The summed E-state index contributed by atoms with van der Waals surface area (Å²) in [6, 6.07) is 4.49. The first-order valence-corrected chi connectivity index (χ1v) is 6.42. The molecule has 0 saturated carbocycles. The Balaban J connectivity index is 2.23. The fourth-order valence-electron chi connectivity index (χ4n) is 2.42. The molecule has 1 fully saturated rings. The molecule has 2 heterocycles. The molecule has 1 aliphatic heterocycles. The number of hydrogen-bond acceptors (Lipinski definition) is 4. The number of nitrogens with two attached hydrogens (primary N) is 1. The molecule has 1 atom stereocenters. The summed E-state index contributed by atoms with van der Waals surface area (Å²) in [5, 5.41) is 0. The summed E-state index contributed by atoms with van der Waals surface area (Å²) >= 11 is 0. The highest BCUT2D eigenvalue weighted by Gasteiger charge is 2.24. The first-order valence-electron chi connectivity index (χ1n) is 6.42. The minimum Gasteiger partial charge on any atom is -0.476 e. The lowest BCUT2D eigenvalue weighted by molar-refractivity contribution is 0.329. The molecule has 0 bridgehead atoms. The van der Waals surface area contributed by atoms with Gasteiger partial charge in [-0.3, -0.25) is 0 Å². The van der Waals surface area contributed by atoms with Crippen molar-refractivity contribution >= 4 is 11.5 Å². The van der Waals surface area contributed by atoms with Gasteiger partial charge in [-0.25, -0.2) is 0 Å². The van der Waals surface area contributed by atoms with Gasteiger partial charge in [-0.1, -0.05) is 6.92 Å². The third kappa shape index (κ3) is 2.46. The van der Waals surface area contributed by atoms with E-state index >= 15 is 0 Å². The molecule has 4 nitrogen and oxygen atoms in total. The second-order valence-electron chi connectivity index (χ2n) is 4.39. The zero-order valence-electron chi connectivity index (χ0n) is 10.6. The van der Waals surface area contributed by atoms with Gasteiger partial charge in [0, 0.05) is 12.6 Å². The van der Waals surface area contributed by atoms with Gasteiger partial charge < -0.3 is 15.4 Å². The third-order valence-corrected chi connectivity index (χ3v) is 3.30. The van der Waals surface area contributed by atoms with Crippen molar-refractivity contribution in [3.63, 3.8) is 0 Å². The van der Waals surface area contributed by atoms with Crippen molar-refractivity contribution in [1.82, 2.24) is 4.98 Å². The van der Waals surface area contributed by atoms with E-state index in [1.165, 1.54) is 12.8 Å². The number of nitrogens with zero attached hydrogens (tertiary/aromatic N) is 2. The fraction of sp³-hybridized carbons (Fsp3) is 0.615. The highest BCUT2D eigenvalue weighted by atomic mass is 16.5. The van der Waals surface area contributed by atoms with E-state index in [9.17, 15) is 0 Å². The summed E-state index contributed by atoms with van der Waals surface area (Å²) in [6.07, 6.45) is 3.66. The second kappa shape index (κ2) is 5.25. The van der Waals surface area contributed by atoms with E-state index in [2.05, 4.69) is 16.8 Å². The zero-order chi connectivity index (χ0) is 12.3. The smallest absolute Gasteiger partial charge is 0.239 e. The fourth-order valence-corrected chi connectivity index (χ4v) is 2.42. The van der Waals surface area contributed by atoms with Crippen LogP contribution in [-0.4, -0.2) is 24.2 Å². The number of nitrogen functional groups attached to an aromatic ring is 1. The molecule has 0 amide bonds. The van der Waals surface area contributed by atoms with E-state index in [1.807, 2.05) is 19.1 Å². The maximum absolute atomic E-state index is 5.84. The topological polar surface area (TPSA) is 51.4 Å². The van der Waals surface area contributed by atoms with Gasteiger partial charge in [-0.05, 0) is 38.3 Å². The van der Waals surface area contributed by atoms with Crippen molar-refractivity contribution in [3.8, 4) is 5.88 Å². The molecule has 1 aromatic heterocycles. The first kappa shape index (κ1) is 12.0. The largest absolute Gasteiger partial charge is 0.476 e. The average molecular weight is 235 g/mol. The molecule has 0 aromatic carbocycles. The van der Waals surface area contributed by atoms with Crippen LogP contribution in [0.15, 0.2) is 12.1 Å². The number of ether oxygens (including phenoxy) is 1. The van der Waals surface area contributed by atoms with E-state index in [0.717, 1.165) is 18.8 Å². The summed E-state index contributed by atoms with van der Waals surface area (Å²) in [6.45, 7) is 5.85. The Labute approximate surface area is 103 Å². The van der Waals surface area contributed by atoms with Gasteiger partial charge >= 0.3 is 0 Å². The standard InChI is InChI=1S/C13H21N3O/c1-3-10-6-5-9-16(10)12-8-7-11(14)13(15-12)17-4-2/h7-8,10H,3-6,9,14H2,1-2H3. The van der Waals surface area contributed by atoms with Crippen molar-refractivity contribution in [2.75, 3.05) is 23.8 Å². The Morgan fingerprint density at radius 3 is 3.00 bits per heavy atom. The molecule has 2 N–H and O–H groups in total. The van der Waals surface area contributed by atoms with Crippen LogP contribution in [0.4, 0.5) is 11.5 Å². The van der Waals surface area contributed by atoms with Gasteiger partial charge in [-0.15, -0.1) is 0 Å². The summed E-state index contributed by atoms with van der Waals surface area (Å²) in [5.74, 6) is 1.55. The van der Waals surface area contributed by atoms with E-state index in [1.54, 1.807) is 0 Å².